The third-order valence-electron chi connectivity index (χ3n) is 3.61. The van der Waals surface area contributed by atoms with Crippen molar-refractivity contribution < 1.29 is 13.6 Å². The van der Waals surface area contributed by atoms with Gasteiger partial charge in [-0.3, -0.25) is 0 Å². The van der Waals surface area contributed by atoms with Gasteiger partial charge >= 0.3 is 0 Å². The van der Waals surface area contributed by atoms with Gasteiger partial charge in [0.25, 0.3) is 10.2 Å². The fraction of sp³-hybridized carbons (Fsp3) is 0.909. The Labute approximate surface area is 114 Å². The number of hydrogen-bond donors (Lipinski definition) is 2. The zero-order chi connectivity index (χ0) is 13.9. The Morgan fingerprint density at radius 3 is 2.47 bits per heavy atom. The summed E-state index contributed by atoms with van der Waals surface area (Å²) in [5.74, 6) is 0.0690. The van der Waals surface area contributed by atoms with E-state index in [0.29, 0.717) is 19.6 Å². The molecular weight excluding hydrogens is 268 g/mol. The van der Waals surface area contributed by atoms with Gasteiger partial charge in [-0.05, 0) is 25.7 Å². The van der Waals surface area contributed by atoms with Crippen LogP contribution in [0.2, 0.25) is 0 Å². The second-order valence-corrected chi connectivity index (χ2v) is 7.03. The van der Waals surface area contributed by atoms with E-state index in [1.807, 2.05) is 0 Å². The Morgan fingerprint density at radius 2 is 1.95 bits per heavy atom. The number of nitrogens with zero attached hydrogens (tertiary/aromatic N) is 3. The van der Waals surface area contributed by atoms with E-state index in [4.69, 9.17) is 10.9 Å². The molecule has 1 heterocycles. The largest absolute Gasteiger partial charge is 0.409 e. The number of hydrogen-bond acceptors (Lipinski definition) is 4. The van der Waals surface area contributed by atoms with Crippen LogP contribution in [0.1, 0.15) is 38.5 Å². The molecule has 0 bridgehead atoms. The Kier molecular flexibility index (Phi) is 4.64. The summed E-state index contributed by atoms with van der Waals surface area (Å²) < 4.78 is 28.2. The van der Waals surface area contributed by atoms with Crippen molar-refractivity contribution in [3.63, 3.8) is 0 Å². The molecule has 0 spiro atoms. The van der Waals surface area contributed by atoms with E-state index in [1.54, 1.807) is 4.31 Å². The summed E-state index contributed by atoms with van der Waals surface area (Å²) in [5, 5.41) is 11.4. The minimum atomic E-state index is -3.39. The summed E-state index contributed by atoms with van der Waals surface area (Å²) in [5.41, 5.74) is 5.43. The fourth-order valence-electron chi connectivity index (χ4n) is 2.37. The molecule has 8 heteroatoms. The molecule has 1 saturated heterocycles. The van der Waals surface area contributed by atoms with E-state index in [2.05, 4.69) is 5.16 Å². The summed E-state index contributed by atoms with van der Waals surface area (Å²) in [4.78, 5) is 0. The molecule has 2 rings (SSSR count). The maximum atomic E-state index is 12.6. The molecule has 0 aromatic carbocycles. The number of piperidine rings is 1. The second kappa shape index (κ2) is 6.06. The van der Waals surface area contributed by atoms with Gasteiger partial charge in [0.15, 0.2) is 0 Å². The van der Waals surface area contributed by atoms with Crippen LogP contribution >= 0.6 is 0 Å². The third kappa shape index (κ3) is 3.58. The van der Waals surface area contributed by atoms with Gasteiger partial charge in [-0.2, -0.15) is 17.0 Å². The van der Waals surface area contributed by atoms with Crippen molar-refractivity contribution in [2.24, 2.45) is 10.9 Å². The van der Waals surface area contributed by atoms with Crippen LogP contribution in [0.25, 0.3) is 0 Å². The first-order valence-corrected chi connectivity index (χ1v) is 8.18. The predicted octanol–water partition coefficient (Wildman–Crippen LogP) is 0.318. The van der Waals surface area contributed by atoms with Crippen LogP contribution in [-0.2, 0) is 10.2 Å². The van der Waals surface area contributed by atoms with Crippen LogP contribution in [0.4, 0.5) is 0 Å². The van der Waals surface area contributed by atoms with Crippen LogP contribution in [0, 0.1) is 0 Å². The molecule has 0 aromatic heterocycles. The van der Waals surface area contributed by atoms with Gasteiger partial charge in [0.1, 0.15) is 5.84 Å². The highest BCUT2D eigenvalue weighted by molar-refractivity contribution is 7.86. The minimum Gasteiger partial charge on any atom is -0.409 e. The number of rotatable bonds is 6. The Bertz CT molecular complexity index is 427. The van der Waals surface area contributed by atoms with E-state index >= 15 is 0 Å². The fourth-order valence-corrected chi connectivity index (χ4v) is 4.29. The van der Waals surface area contributed by atoms with Crippen molar-refractivity contribution in [3.8, 4) is 0 Å². The van der Waals surface area contributed by atoms with E-state index in [-0.39, 0.29) is 18.3 Å². The topological polar surface area (TPSA) is 99.2 Å². The third-order valence-corrected chi connectivity index (χ3v) is 5.70. The lowest BCUT2D eigenvalue weighted by atomic mass is 10.2. The Morgan fingerprint density at radius 1 is 1.32 bits per heavy atom. The van der Waals surface area contributed by atoms with Gasteiger partial charge in [-0.25, -0.2) is 0 Å². The van der Waals surface area contributed by atoms with E-state index < -0.39 is 10.2 Å². The first-order chi connectivity index (χ1) is 9.05. The average Bonchev–Trinajstić information content (AvgIpc) is 3.24. The van der Waals surface area contributed by atoms with Crippen LogP contribution in [0.5, 0.6) is 0 Å². The molecule has 19 heavy (non-hydrogen) atoms. The highest BCUT2D eigenvalue weighted by Crippen LogP contribution is 2.31. The highest BCUT2D eigenvalue weighted by atomic mass is 32.2. The minimum absolute atomic E-state index is 0.0690. The number of amidine groups is 1. The number of nitrogens with two attached hydrogens (primary N) is 1. The van der Waals surface area contributed by atoms with Crippen molar-refractivity contribution in [2.75, 3.05) is 19.6 Å². The molecule has 0 unspecified atom stereocenters. The second-order valence-electron chi connectivity index (χ2n) is 5.15. The molecule has 2 fully saturated rings. The number of oxime groups is 1. The SMILES string of the molecule is NC(CCN(C1CC1)S(=O)(=O)N1CCCCC1)=NO. The lowest BCUT2D eigenvalue weighted by Gasteiger charge is -2.32. The van der Waals surface area contributed by atoms with Crippen molar-refractivity contribution >= 4 is 16.0 Å². The van der Waals surface area contributed by atoms with Crippen LogP contribution in [0.3, 0.4) is 0 Å². The Hall–Kier alpha value is -0.860. The Balaban J connectivity index is 2.04. The summed E-state index contributed by atoms with van der Waals surface area (Å²) in [6, 6.07) is 0.0958. The smallest absolute Gasteiger partial charge is 0.282 e. The van der Waals surface area contributed by atoms with E-state index in [1.165, 1.54) is 4.31 Å². The van der Waals surface area contributed by atoms with Crippen molar-refractivity contribution in [1.82, 2.24) is 8.61 Å². The normalized spacial score (nSPS) is 22.9. The van der Waals surface area contributed by atoms with Gasteiger partial charge in [0, 0.05) is 32.1 Å². The van der Waals surface area contributed by atoms with Crippen LogP contribution in [0.15, 0.2) is 5.16 Å². The van der Waals surface area contributed by atoms with Gasteiger partial charge in [0.2, 0.25) is 0 Å². The van der Waals surface area contributed by atoms with Crippen LogP contribution in [-0.4, -0.2) is 53.7 Å². The lowest BCUT2D eigenvalue weighted by Crippen LogP contribution is -2.47. The molecule has 0 aromatic rings. The molecule has 0 amide bonds. The maximum absolute atomic E-state index is 12.6. The quantitative estimate of drug-likeness (QED) is 0.318. The zero-order valence-corrected chi connectivity index (χ0v) is 11.8. The van der Waals surface area contributed by atoms with Gasteiger partial charge < -0.3 is 10.9 Å². The lowest BCUT2D eigenvalue weighted by molar-refractivity contribution is 0.298. The van der Waals surface area contributed by atoms with E-state index in [0.717, 1.165) is 32.1 Å². The van der Waals surface area contributed by atoms with Crippen molar-refractivity contribution in [3.05, 3.63) is 0 Å². The average molecular weight is 290 g/mol. The summed E-state index contributed by atoms with van der Waals surface area (Å²) in [6.07, 6.45) is 5.03. The standard InChI is InChI=1S/C11H22N4O3S/c12-11(13-16)6-9-15(10-4-5-10)19(17,18)14-7-2-1-3-8-14/h10,16H,1-9H2,(H2,12,13). The summed E-state index contributed by atoms with van der Waals surface area (Å²) >= 11 is 0. The molecule has 2 aliphatic rings. The first-order valence-electron chi connectivity index (χ1n) is 6.79. The molecule has 1 aliphatic carbocycles. The van der Waals surface area contributed by atoms with Crippen molar-refractivity contribution in [2.45, 2.75) is 44.6 Å². The molecule has 110 valence electrons. The first kappa shape index (κ1) is 14.5. The predicted molar refractivity (Wildman–Crippen MR) is 72.1 cm³/mol. The molecule has 0 atom stereocenters. The van der Waals surface area contributed by atoms with Crippen molar-refractivity contribution in [1.29, 1.82) is 0 Å². The highest BCUT2D eigenvalue weighted by Gasteiger charge is 2.40. The molecular formula is C11H22N4O3S. The summed E-state index contributed by atoms with van der Waals surface area (Å²) in [6.45, 7) is 1.50. The molecule has 0 radical (unpaired) electrons. The van der Waals surface area contributed by atoms with Gasteiger partial charge in [0.05, 0.1) is 0 Å². The van der Waals surface area contributed by atoms with Crippen LogP contribution < -0.4 is 5.73 Å². The van der Waals surface area contributed by atoms with E-state index in [9.17, 15) is 8.42 Å². The molecule has 1 saturated carbocycles. The zero-order valence-electron chi connectivity index (χ0n) is 11.0. The molecule has 7 nitrogen and oxygen atoms in total. The maximum Gasteiger partial charge on any atom is 0.282 e. The summed E-state index contributed by atoms with van der Waals surface area (Å²) in [7, 11) is -3.39. The monoisotopic (exact) mass is 290 g/mol. The molecule has 3 N–H and O–H groups in total. The van der Waals surface area contributed by atoms with Gasteiger partial charge in [-0.1, -0.05) is 11.6 Å². The molecule has 1 aliphatic heterocycles. The van der Waals surface area contributed by atoms with Gasteiger partial charge in [-0.15, -0.1) is 0 Å².